The highest BCUT2D eigenvalue weighted by atomic mass is 16.6. The fourth-order valence-corrected chi connectivity index (χ4v) is 3.43. The van der Waals surface area contributed by atoms with Gasteiger partial charge in [-0.3, -0.25) is 4.79 Å². The highest BCUT2D eigenvalue weighted by molar-refractivity contribution is 6.02. The van der Waals surface area contributed by atoms with Crippen LogP contribution in [0.15, 0.2) is 71.4 Å². The van der Waals surface area contributed by atoms with Crippen LogP contribution in [0, 0.1) is 0 Å². The van der Waals surface area contributed by atoms with E-state index in [-0.39, 0.29) is 18.3 Å². The van der Waals surface area contributed by atoms with Crippen LogP contribution in [0.4, 0.5) is 11.5 Å². The quantitative estimate of drug-likeness (QED) is 0.491. The van der Waals surface area contributed by atoms with Crippen molar-refractivity contribution < 1.29 is 9.42 Å². The maximum absolute atomic E-state index is 12.9. The molecule has 5 aromatic rings. The molecule has 8 heteroatoms. The van der Waals surface area contributed by atoms with Gasteiger partial charge in [0.05, 0.1) is 11.0 Å². The lowest BCUT2D eigenvalue weighted by Gasteiger charge is -2.11. The number of nitrogens with two attached hydrogens (primary N) is 1. The lowest BCUT2D eigenvalue weighted by Crippen LogP contribution is -2.19. The summed E-state index contributed by atoms with van der Waals surface area (Å²) in [7, 11) is 0. The molecule has 0 unspecified atom stereocenters. The second-order valence-electron chi connectivity index (χ2n) is 6.58. The van der Waals surface area contributed by atoms with E-state index in [2.05, 4.69) is 20.6 Å². The summed E-state index contributed by atoms with van der Waals surface area (Å²) in [5.41, 5.74) is 8.43. The van der Waals surface area contributed by atoms with E-state index in [1.165, 1.54) is 0 Å². The first-order valence-electron chi connectivity index (χ1n) is 9.02. The number of hydrogen-bond donors (Lipinski definition) is 2. The standard InChI is InChI=1S/C21H16N6O2/c22-20-19(25-29-26-20)21-24-16-9-3-4-11-17(16)27(21)12-18(28)23-15-10-5-7-13-6-1-2-8-14(13)15/h1-11H,12H2,(H2,22,26)(H,23,28). The highest BCUT2D eigenvalue weighted by Gasteiger charge is 2.20. The number of fused-ring (bicyclic) bond motifs is 2. The monoisotopic (exact) mass is 384 g/mol. The number of imidazole rings is 1. The minimum atomic E-state index is -0.194. The Labute approximate surface area is 164 Å². The number of para-hydroxylation sites is 2. The van der Waals surface area contributed by atoms with Gasteiger partial charge >= 0.3 is 0 Å². The second-order valence-corrected chi connectivity index (χ2v) is 6.58. The number of carbonyl (C=O) groups is 1. The van der Waals surface area contributed by atoms with E-state index in [0.717, 1.165) is 27.5 Å². The number of nitrogens with one attached hydrogen (secondary N) is 1. The fraction of sp³-hybridized carbons (Fsp3) is 0.0476. The molecule has 0 fully saturated rings. The van der Waals surface area contributed by atoms with Crippen LogP contribution in [0.2, 0.25) is 0 Å². The Hall–Kier alpha value is -4.20. The van der Waals surface area contributed by atoms with Crippen molar-refractivity contribution in [3.63, 3.8) is 0 Å². The number of carbonyl (C=O) groups excluding carboxylic acids is 1. The number of anilines is 2. The lowest BCUT2D eigenvalue weighted by atomic mass is 10.1. The maximum Gasteiger partial charge on any atom is 0.244 e. The van der Waals surface area contributed by atoms with Crippen LogP contribution in [-0.4, -0.2) is 25.8 Å². The van der Waals surface area contributed by atoms with E-state index < -0.39 is 0 Å². The molecule has 3 N–H and O–H groups in total. The van der Waals surface area contributed by atoms with E-state index >= 15 is 0 Å². The van der Waals surface area contributed by atoms with Crippen LogP contribution in [0.3, 0.4) is 0 Å². The molecular formula is C21H16N6O2. The Balaban J connectivity index is 1.53. The molecule has 0 atom stereocenters. The third-order valence-corrected chi connectivity index (χ3v) is 4.75. The SMILES string of the molecule is Nc1nonc1-c1nc2ccccc2n1CC(=O)Nc1cccc2ccccc12. The summed E-state index contributed by atoms with van der Waals surface area (Å²) in [4.78, 5) is 17.5. The van der Waals surface area contributed by atoms with E-state index in [1.54, 1.807) is 4.57 Å². The first-order chi connectivity index (χ1) is 14.2. The zero-order chi connectivity index (χ0) is 19.8. The number of nitrogen functional groups attached to an aromatic ring is 1. The van der Waals surface area contributed by atoms with Gasteiger partial charge in [-0.2, -0.15) is 0 Å². The number of aromatic nitrogens is 4. The smallest absolute Gasteiger partial charge is 0.244 e. The van der Waals surface area contributed by atoms with Crippen molar-refractivity contribution in [1.82, 2.24) is 19.9 Å². The Bertz CT molecular complexity index is 1350. The lowest BCUT2D eigenvalue weighted by molar-refractivity contribution is -0.116. The molecule has 5 rings (SSSR count). The number of benzene rings is 3. The molecule has 0 saturated heterocycles. The van der Waals surface area contributed by atoms with E-state index in [4.69, 9.17) is 10.4 Å². The molecular weight excluding hydrogens is 368 g/mol. The van der Waals surface area contributed by atoms with Crippen molar-refractivity contribution in [2.45, 2.75) is 6.54 Å². The Morgan fingerprint density at radius 3 is 2.66 bits per heavy atom. The minimum absolute atomic E-state index is 0.0331. The van der Waals surface area contributed by atoms with Crippen LogP contribution in [0.1, 0.15) is 0 Å². The summed E-state index contributed by atoms with van der Waals surface area (Å²) in [5, 5.41) is 12.5. The minimum Gasteiger partial charge on any atom is -0.379 e. The van der Waals surface area contributed by atoms with Crippen LogP contribution in [0.5, 0.6) is 0 Å². The number of amides is 1. The Morgan fingerprint density at radius 2 is 1.79 bits per heavy atom. The molecule has 8 nitrogen and oxygen atoms in total. The summed E-state index contributed by atoms with van der Waals surface area (Å²) in [6.45, 7) is 0.0331. The summed E-state index contributed by atoms with van der Waals surface area (Å²) in [5.74, 6) is 0.356. The largest absolute Gasteiger partial charge is 0.379 e. The maximum atomic E-state index is 12.9. The zero-order valence-corrected chi connectivity index (χ0v) is 15.2. The number of hydrogen-bond acceptors (Lipinski definition) is 6. The average Bonchev–Trinajstić information content (AvgIpc) is 3.32. The molecule has 0 spiro atoms. The predicted molar refractivity (Wildman–Crippen MR) is 110 cm³/mol. The van der Waals surface area contributed by atoms with Crippen LogP contribution in [-0.2, 0) is 11.3 Å². The number of nitrogens with zero attached hydrogens (tertiary/aromatic N) is 4. The molecule has 29 heavy (non-hydrogen) atoms. The molecule has 0 aliphatic heterocycles. The molecule has 2 heterocycles. The molecule has 0 radical (unpaired) electrons. The van der Waals surface area contributed by atoms with Crippen molar-refractivity contribution in [3.05, 3.63) is 66.7 Å². The Kier molecular flexibility index (Phi) is 3.94. The summed E-state index contributed by atoms with van der Waals surface area (Å²) < 4.78 is 6.48. The van der Waals surface area contributed by atoms with Gasteiger partial charge < -0.3 is 15.6 Å². The molecule has 2 aromatic heterocycles. The molecule has 0 aliphatic carbocycles. The van der Waals surface area contributed by atoms with Gasteiger partial charge in [0.1, 0.15) is 6.54 Å². The predicted octanol–water partition coefficient (Wildman–Crippen LogP) is 3.46. The molecule has 0 bridgehead atoms. The van der Waals surface area contributed by atoms with Gasteiger partial charge in [-0.25, -0.2) is 9.61 Å². The average molecular weight is 384 g/mol. The van der Waals surface area contributed by atoms with Gasteiger partial charge in [0.2, 0.25) is 5.91 Å². The summed E-state index contributed by atoms with van der Waals surface area (Å²) in [6, 6.07) is 21.2. The second kappa shape index (κ2) is 6.75. The van der Waals surface area contributed by atoms with Crippen molar-refractivity contribution in [1.29, 1.82) is 0 Å². The third kappa shape index (κ3) is 2.96. The van der Waals surface area contributed by atoms with Gasteiger partial charge in [-0.05, 0) is 33.9 Å². The van der Waals surface area contributed by atoms with Gasteiger partial charge in [0, 0.05) is 11.1 Å². The van der Waals surface area contributed by atoms with E-state index in [9.17, 15) is 4.79 Å². The normalized spacial score (nSPS) is 11.2. The molecule has 0 aliphatic rings. The summed E-state index contributed by atoms with van der Waals surface area (Å²) >= 11 is 0. The van der Waals surface area contributed by atoms with Crippen molar-refractivity contribution in [2.24, 2.45) is 0 Å². The van der Waals surface area contributed by atoms with Gasteiger partial charge in [-0.15, -0.1) is 0 Å². The van der Waals surface area contributed by atoms with Crippen LogP contribution in [0.25, 0.3) is 33.3 Å². The van der Waals surface area contributed by atoms with Crippen molar-refractivity contribution in [3.8, 4) is 11.5 Å². The van der Waals surface area contributed by atoms with Gasteiger partial charge in [0.25, 0.3) is 0 Å². The van der Waals surface area contributed by atoms with Crippen molar-refractivity contribution >= 4 is 39.2 Å². The number of rotatable bonds is 4. The third-order valence-electron chi connectivity index (χ3n) is 4.75. The van der Waals surface area contributed by atoms with Gasteiger partial charge in [-0.1, -0.05) is 48.5 Å². The highest BCUT2D eigenvalue weighted by Crippen LogP contribution is 2.27. The van der Waals surface area contributed by atoms with E-state index in [1.807, 2.05) is 66.7 Å². The first-order valence-corrected chi connectivity index (χ1v) is 9.02. The topological polar surface area (TPSA) is 112 Å². The van der Waals surface area contributed by atoms with Gasteiger partial charge in [0.15, 0.2) is 17.3 Å². The van der Waals surface area contributed by atoms with Crippen LogP contribution >= 0.6 is 0 Å². The Morgan fingerprint density at radius 1 is 1.00 bits per heavy atom. The fourth-order valence-electron chi connectivity index (χ4n) is 3.43. The zero-order valence-electron chi connectivity index (χ0n) is 15.2. The molecule has 0 saturated carbocycles. The van der Waals surface area contributed by atoms with E-state index in [0.29, 0.717) is 11.5 Å². The summed E-state index contributed by atoms with van der Waals surface area (Å²) in [6.07, 6.45) is 0. The van der Waals surface area contributed by atoms with Crippen LogP contribution < -0.4 is 11.1 Å². The van der Waals surface area contributed by atoms with Crippen molar-refractivity contribution in [2.75, 3.05) is 11.1 Å². The molecule has 1 amide bonds. The molecule has 3 aromatic carbocycles. The molecule has 142 valence electrons. The first kappa shape index (κ1) is 16.9.